The van der Waals surface area contributed by atoms with Gasteiger partial charge in [0.25, 0.3) is 5.69 Å². The Morgan fingerprint density at radius 1 is 1.17 bits per heavy atom. The van der Waals surface area contributed by atoms with E-state index in [1.807, 2.05) is 32.0 Å². The van der Waals surface area contributed by atoms with Crippen molar-refractivity contribution < 1.29 is 9.45 Å². The number of para-hydroxylation sites is 1. The number of hydrogen-bond acceptors (Lipinski definition) is 9. The highest BCUT2D eigenvalue weighted by Gasteiger charge is 2.16. The van der Waals surface area contributed by atoms with Crippen molar-refractivity contribution in [1.29, 1.82) is 0 Å². The van der Waals surface area contributed by atoms with E-state index in [9.17, 15) is 10.1 Å². The lowest BCUT2D eigenvalue weighted by Crippen LogP contribution is -2.04. The fourth-order valence-electron chi connectivity index (χ4n) is 2.86. The summed E-state index contributed by atoms with van der Waals surface area (Å²) in [6.07, 6.45) is 0. The number of benzene rings is 2. The molecule has 2 heterocycles. The minimum Gasteiger partial charge on any atom is -0.338 e. The molecule has 0 amide bonds. The topological polar surface area (TPSA) is 126 Å². The van der Waals surface area contributed by atoms with Crippen molar-refractivity contribution in [1.82, 2.24) is 30.3 Å². The number of nitro groups is 1. The van der Waals surface area contributed by atoms with Crippen molar-refractivity contribution in [2.75, 3.05) is 0 Å². The molecule has 10 nitrogen and oxygen atoms in total. The molecule has 0 N–H and O–H groups in total. The second-order valence-corrected chi connectivity index (χ2v) is 7.16. The molecule has 0 saturated carbocycles. The highest BCUT2D eigenvalue weighted by Crippen LogP contribution is 2.27. The molecule has 0 saturated heterocycles. The van der Waals surface area contributed by atoms with E-state index in [1.165, 1.54) is 23.9 Å². The largest absolute Gasteiger partial charge is 0.338 e. The zero-order valence-electron chi connectivity index (χ0n) is 15.5. The fraction of sp³-hybridized carbons (Fsp3) is 0.167. The number of thioether (sulfide) groups is 1. The summed E-state index contributed by atoms with van der Waals surface area (Å²) in [4.78, 5) is 14.8. The van der Waals surface area contributed by atoms with Crippen LogP contribution in [0.25, 0.3) is 17.1 Å². The molecule has 0 aliphatic rings. The van der Waals surface area contributed by atoms with Crippen molar-refractivity contribution in [3.8, 4) is 17.1 Å². The minimum absolute atomic E-state index is 0.0315. The Morgan fingerprint density at radius 3 is 2.69 bits per heavy atom. The summed E-state index contributed by atoms with van der Waals surface area (Å²) < 4.78 is 6.97. The second-order valence-electron chi connectivity index (χ2n) is 6.22. The molecule has 146 valence electrons. The molecule has 2 aromatic heterocycles. The van der Waals surface area contributed by atoms with Crippen molar-refractivity contribution in [3.05, 3.63) is 69.6 Å². The third kappa shape index (κ3) is 3.85. The van der Waals surface area contributed by atoms with Crippen LogP contribution >= 0.6 is 11.8 Å². The van der Waals surface area contributed by atoms with E-state index >= 15 is 0 Å². The first-order chi connectivity index (χ1) is 14.0. The smallest absolute Gasteiger partial charge is 0.270 e. The van der Waals surface area contributed by atoms with Gasteiger partial charge in [-0.15, -0.1) is 5.10 Å². The van der Waals surface area contributed by atoms with E-state index in [1.54, 1.807) is 16.8 Å². The Bertz CT molecular complexity index is 1170. The van der Waals surface area contributed by atoms with Crippen LogP contribution in [0.5, 0.6) is 0 Å². The van der Waals surface area contributed by atoms with Crippen LogP contribution in [0.2, 0.25) is 0 Å². The van der Waals surface area contributed by atoms with Crippen molar-refractivity contribution in [2.24, 2.45) is 0 Å². The molecule has 0 spiro atoms. The van der Waals surface area contributed by atoms with Gasteiger partial charge in [0.05, 0.1) is 16.4 Å². The molecular formula is C18H15N7O3S. The van der Waals surface area contributed by atoms with Crippen LogP contribution in [-0.2, 0) is 5.75 Å². The summed E-state index contributed by atoms with van der Waals surface area (Å²) in [6.45, 7) is 4.00. The van der Waals surface area contributed by atoms with Gasteiger partial charge < -0.3 is 4.52 Å². The number of rotatable bonds is 6. The monoisotopic (exact) mass is 409 g/mol. The SMILES string of the molecule is Cc1cccc(C)c1-n1nnnc1SCc1nc(-c2cccc([N+](=O)[O-])c2)no1. The molecule has 0 fully saturated rings. The maximum atomic E-state index is 10.9. The molecule has 29 heavy (non-hydrogen) atoms. The molecule has 0 atom stereocenters. The maximum Gasteiger partial charge on any atom is 0.270 e. The number of nitrogens with zero attached hydrogens (tertiary/aromatic N) is 7. The number of aromatic nitrogens is 6. The van der Waals surface area contributed by atoms with Crippen LogP contribution in [0.1, 0.15) is 17.0 Å². The molecule has 0 aliphatic carbocycles. The van der Waals surface area contributed by atoms with Gasteiger partial charge in [-0.05, 0) is 35.4 Å². The van der Waals surface area contributed by atoms with E-state index < -0.39 is 4.92 Å². The van der Waals surface area contributed by atoms with Crippen LogP contribution < -0.4 is 0 Å². The molecule has 2 aromatic carbocycles. The average molecular weight is 409 g/mol. The lowest BCUT2D eigenvalue weighted by molar-refractivity contribution is -0.384. The number of aryl methyl sites for hydroxylation is 2. The molecule has 4 rings (SSSR count). The second kappa shape index (κ2) is 7.80. The minimum atomic E-state index is -0.465. The van der Waals surface area contributed by atoms with Crippen molar-refractivity contribution in [2.45, 2.75) is 24.8 Å². The maximum absolute atomic E-state index is 10.9. The van der Waals surface area contributed by atoms with E-state index in [-0.39, 0.29) is 5.69 Å². The molecule has 0 aliphatic heterocycles. The first-order valence-corrected chi connectivity index (χ1v) is 9.56. The van der Waals surface area contributed by atoms with Gasteiger partial charge in [0.15, 0.2) is 0 Å². The third-order valence-corrected chi connectivity index (χ3v) is 5.10. The van der Waals surface area contributed by atoms with Gasteiger partial charge in [0, 0.05) is 17.7 Å². The van der Waals surface area contributed by atoms with Crippen LogP contribution in [0.3, 0.4) is 0 Å². The highest BCUT2D eigenvalue weighted by molar-refractivity contribution is 7.98. The first-order valence-electron chi connectivity index (χ1n) is 8.58. The summed E-state index contributed by atoms with van der Waals surface area (Å²) in [5, 5.41) is 27.4. The van der Waals surface area contributed by atoms with Crippen LogP contribution in [0, 0.1) is 24.0 Å². The van der Waals surface area contributed by atoms with E-state index in [0.29, 0.717) is 28.2 Å². The van der Waals surface area contributed by atoms with Crippen molar-refractivity contribution >= 4 is 17.4 Å². The normalized spacial score (nSPS) is 11.0. The van der Waals surface area contributed by atoms with Gasteiger partial charge in [-0.25, -0.2) is 0 Å². The average Bonchev–Trinajstić information content (AvgIpc) is 3.36. The Labute approximate surface area is 169 Å². The highest BCUT2D eigenvalue weighted by atomic mass is 32.2. The first kappa shape index (κ1) is 18.7. The van der Waals surface area contributed by atoms with Crippen LogP contribution in [0.15, 0.2) is 52.1 Å². The summed E-state index contributed by atoms with van der Waals surface area (Å²) in [5.41, 5.74) is 3.54. The zero-order valence-corrected chi connectivity index (χ0v) is 16.3. The predicted molar refractivity (Wildman–Crippen MR) is 105 cm³/mol. The van der Waals surface area contributed by atoms with Gasteiger partial charge in [0.2, 0.25) is 16.9 Å². The molecule has 0 bridgehead atoms. The number of nitro benzene ring substituents is 1. The van der Waals surface area contributed by atoms with Gasteiger partial charge in [-0.2, -0.15) is 9.67 Å². The van der Waals surface area contributed by atoms with Gasteiger partial charge in [-0.3, -0.25) is 10.1 Å². The molecule has 0 unspecified atom stereocenters. The van der Waals surface area contributed by atoms with Gasteiger partial charge in [0.1, 0.15) is 0 Å². The lowest BCUT2D eigenvalue weighted by atomic mass is 10.1. The molecular weight excluding hydrogens is 394 g/mol. The van der Waals surface area contributed by atoms with Gasteiger partial charge in [-0.1, -0.05) is 47.3 Å². The number of non-ortho nitro benzene ring substituents is 1. The summed E-state index contributed by atoms with van der Waals surface area (Å²) in [7, 11) is 0. The standard InChI is InChI=1S/C18H15N7O3S/c1-11-5-3-6-12(2)16(11)24-18(20-22-23-24)29-10-15-19-17(21-28-15)13-7-4-8-14(9-13)25(26)27/h3-9H,10H2,1-2H3. The Hall–Kier alpha value is -3.60. The van der Waals surface area contributed by atoms with Crippen molar-refractivity contribution in [3.63, 3.8) is 0 Å². The third-order valence-electron chi connectivity index (χ3n) is 4.20. The van der Waals surface area contributed by atoms with E-state index in [0.717, 1.165) is 16.8 Å². The predicted octanol–water partition coefficient (Wildman–Crippen LogP) is 3.53. The lowest BCUT2D eigenvalue weighted by Gasteiger charge is -2.09. The summed E-state index contributed by atoms with van der Waals surface area (Å²) in [6, 6.07) is 12.1. The van der Waals surface area contributed by atoms with Gasteiger partial charge >= 0.3 is 0 Å². The number of tetrazole rings is 1. The summed E-state index contributed by atoms with van der Waals surface area (Å²) in [5.74, 6) is 1.01. The Kier molecular flexibility index (Phi) is 5.04. The Balaban J connectivity index is 1.53. The fourth-order valence-corrected chi connectivity index (χ4v) is 3.58. The van der Waals surface area contributed by atoms with Crippen LogP contribution in [0.4, 0.5) is 5.69 Å². The molecule has 0 radical (unpaired) electrons. The molecule has 11 heteroatoms. The zero-order chi connectivity index (χ0) is 20.4. The summed E-state index contributed by atoms with van der Waals surface area (Å²) >= 11 is 1.36. The number of hydrogen-bond donors (Lipinski definition) is 0. The quantitative estimate of drug-likeness (QED) is 0.267. The van der Waals surface area contributed by atoms with E-state index in [2.05, 4.69) is 25.7 Å². The van der Waals surface area contributed by atoms with E-state index in [4.69, 9.17) is 4.52 Å². The van der Waals surface area contributed by atoms with Crippen LogP contribution in [-0.4, -0.2) is 35.3 Å². The Morgan fingerprint density at radius 2 is 1.93 bits per heavy atom. The molecule has 4 aromatic rings.